The van der Waals surface area contributed by atoms with Crippen molar-refractivity contribution in [3.05, 3.63) is 41.1 Å². The fourth-order valence-corrected chi connectivity index (χ4v) is 2.27. The highest BCUT2D eigenvalue weighted by Crippen LogP contribution is 2.30. The van der Waals surface area contributed by atoms with E-state index >= 15 is 0 Å². The Morgan fingerprint density at radius 3 is 2.44 bits per heavy atom. The van der Waals surface area contributed by atoms with E-state index in [-0.39, 0.29) is 11.2 Å². The largest absolute Gasteiger partial charge is 0.294 e. The topological polar surface area (TPSA) is 30.0 Å². The van der Waals surface area contributed by atoms with Gasteiger partial charge in [0.25, 0.3) is 0 Å². The van der Waals surface area contributed by atoms with Crippen LogP contribution in [0.1, 0.15) is 49.3 Å². The molecule has 0 bridgehead atoms. The van der Waals surface area contributed by atoms with Crippen molar-refractivity contribution in [2.24, 2.45) is 0 Å². The highest BCUT2D eigenvalue weighted by atomic mass is 16.1. The molecule has 94 valence electrons. The molecule has 0 amide bonds. The second-order valence-electron chi connectivity index (χ2n) is 5.82. The number of hydrogen-bond donors (Lipinski definition) is 0. The van der Waals surface area contributed by atoms with Gasteiger partial charge in [0.1, 0.15) is 0 Å². The van der Waals surface area contributed by atoms with Crippen LogP contribution in [0.15, 0.2) is 24.3 Å². The minimum Gasteiger partial charge on any atom is -0.294 e. The normalized spacial score (nSPS) is 11.8. The lowest BCUT2D eigenvalue weighted by Crippen LogP contribution is -2.13. The molecule has 18 heavy (non-hydrogen) atoms. The Bertz CT molecular complexity index is 621. The molecule has 2 heteroatoms. The second kappa shape index (κ2) is 4.20. The molecular weight excluding hydrogens is 222 g/mol. The molecule has 0 saturated carbocycles. The van der Waals surface area contributed by atoms with Gasteiger partial charge in [0.15, 0.2) is 5.78 Å². The first-order valence-electron chi connectivity index (χ1n) is 6.22. The van der Waals surface area contributed by atoms with Crippen LogP contribution in [0, 0.1) is 6.92 Å². The molecule has 0 N–H and O–H groups in total. The van der Waals surface area contributed by atoms with Crippen LogP contribution in [-0.2, 0) is 5.41 Å². The zero-order chi connectivity index (χ0) is 13.5. The number of carbonyl (C=O) groups excluding carboxylic acids is 1. The number of fused-ring (bicyclic) bond motifs is 1. The number of Topliss-reactive ketones (excluding diaryl/α,β-unsaturated/α-hetero) is 1. The first-order chi connectivity index (χ1) is 8.30. The van der Waals surface area contributed by atoms with E-state index in [1.165, 1.54) is 5.56 Å². The lowest BCUT2D eigenvalue weighted by Gasteiger charge is -2.21. The molecule has 0 unspecified atom stereocenters. The Morgan fingerprint density at radius 1 is 1.22 bits per heavy atom. The smallest absolute Gasteiger partial charge is 0.160 e. The molecule has 2 rings (SSSR count). The predicted octanol–water partition coefficient (Wildman–Crippen LogP) is 4.04. The molecule has 0 atom stereocenters. The quantitative estimate of drug-likeness (QED) is 0.705. The molecule has 0 spiro atoms. The number of ketones is 1. The van der Waals surface area contributed by atoms with Gasteiger partial charge in [-0.2, -0.15) is 0 Å². The minimum atomic E-state index is 0.0222. The van der Waals surface area contributed by atoms with Gasteiger partial charge in [0.05, 0.1) is 5.52 Å². The van der Waals surface area contributed by atoms with Crippen molar-refractivity contribution in [1.29, 1.82) is 0 Å². The summed E-state index contributed by atoms with van der Waals surface area (Å²) in [6.45, 7) is 10.0. The average molecular weight is 241 g/mol. The summed E-state index contributed by atoms with van der Waals surface area (Å²) >= 11 is 0. The number of nitrogens with zero attached hydrogens (tertiary/aromatic N) is 1. The summed E-state index contributed by atoms with van der Waals surface area (Å²) in [5.41, 5.74) is 3.82. The third-order valence-electron chi connectivity index (χ3n) is 3.15. The Balaban J connectivity index is 2.90. The fourth-order valence-electron chi connectivity index (χ4n) is 2.27. The van der Waals surface area contributed by atoms with E-state index in [9.17, 15) is 4.79 Å². The molecule has 0 radical (unpaired) electrons. The van der Waals surface area contributed by atoms with Crippen molar-refractivity contribution in [1.82, 2.24) is 4.98 Å². The van der Waals surface area contributed by atoms with Gasteiger partial charge in [-0.1, -0.05) is 39.0 Å². The van der Waals surface area contributed by atoms with E-state index in [1.54, 1.807) is 6.92 Å². The van der Waals surface area contributed by atoms with Gasteiger partial charge in [-0.3, -0.25) is 9.78 Å². The first kappa shape index (κ1) is 12.7. The molecule has 0 saturated heterocycles. The molecule has 0 aliphatic rings. The summed E-state index contributed by atoms with van der Waals surface area (Å²) in [4.78, 5) is 16.4. The van der Waals surface area contributed by atoms with Crippen LogP contribution in [0.25, 0.3) is 10.9 Å². The monoisotopic (exact) mass is 241 g/mol. The Hall–Kier alpha value is -1.70. The number of aryl methyl sites for hydroxylation is 1. The Labute approximate surface area is 108 Å². The van der Waals surface area contributed by atoms with Crippen molar-refractivity contribution in [2.45, 2.75) is 40.0 Å². The predicted molar refractivity (Wildman–Crippen MR) is 75.2 cm³/mol. The summed E-state index contributed by atoms with van der Waals surface area (Å²) in [7, 11) is 0. The van der Waals surface area contributed by atoms with Gasteiger partial charge < -0.3 is 0 Å². The van der Waals surface area contributed by atoms with Crippen molar-refractivity contribution in [3.8, 4) is 0 Å². The maximum Gasteiger partial charge on any atom is 0.160 e. The van der Waals surface area contributed by atoms with Crippen LogP contribution in [0.5, 0.6) is 0 Å². The Morgan fingerprint density at radius 2 is 1.89 bits per heavy atom. The van der Waals surface area contributed by atoms with Gasteiger partial charge in [-0.05, 0) is 30.9 Å². The summed E-state index contributed by atoms with van der Waals surface area (Å²) in [6, 6.07) is 7.95. The number of rotatable bonds is 1. The molecule has 0 aliphatic heterocycles. The molecule has 2 nitrogen and oxygen atoms in total. The van der Waals surface area contributed by atoms with Crippen LogP contribution in [0.2, 0.25) is 0 Å². The molecule has 1 aromatic carbocycles. The number of benzene rings is 1. The maximum atomic E-state index is 11.7. The molecule has 1 aromatic heterocycles. The number of aromatic nitrogens is 1. The molecular formula is C16H19NO. The first-order valence-corrected chi connectivity index (χ1v) is 6.22. The summed E-state index contributed by atoms with van der Waals surface area (Å²) in [5.74, 6) is 0.0940. The molecule has 1 heterocycles. The summed E-state index contributed by atoms with van der Waals surface area (Å²) in [5, 5.41) is 0.959. The average Bonchev–Trinajstić information content (AvgIpc) is 2.25. The lowest BCUT2D eigenvalue weighted by atomic mass is 9.84. The third kappa shape index (κ3) is 2.15. The van der Waals surface area contributed by atoms with Crippen LogP contribution in [0.4, 0.5) is 0 Å². The van der Waals surface area contributed by atoms with Crippen LogP contribution in [-0.4, -0.2) is 10.8 Å². The standard InChI is InChI=1S/C16H19NO/c1-10-9-13(11(2)18)12-7-6-8-14(15(12)17-10)16(3,4)5/h6-9H,1-5H3. The van der Waals surface area contributed by atoms with E-state index in [4.69, 9.17) is 0 Å². The third-order valence-corrected chi connectivity index (χ3v) is 3.15. The zero-order valence-corrected chi connectivity index (χ0v) is 11.7. The van der Waals surface area contributed by atoms with Gasteiger partial charge >= 0.3 is 0 Å². The number of carbonyl (C=O) groups is 1. The van der Waals surface area contributed by atoms with E-state index in [2.05, 4.69) is 31.8 Å². The van der Waals surface area contributed by atoms with Crippen molar-refractivity contribution in [2.75, 3.05) is 0 Å². The Kier molecular flexibility index (Phi) is 2.97. The zero-order valence-electron chi connectivity index (χ0n) is 11.7. The number of para-hydroxylation sites is 1. The van der Waals surface area contributed by atoms with Gasteiger partial charge in [-0.25, -0.2) is 0 Å². The van der Waals surface area contributed by atoms with E-state index < -0.39 is 0 Å². The van der Waals surface area contributed by atoms with Crippen molar-refractivity contribution < 1.29 is 4.79 Å². The van der Waals surface area contributed by atoms with E-state index in [1.807, 2.05) is 25.1 Å². The fraction of sp³-hybridized carbons (Fsp3) is 0.375. The lowest BCUT2D eigenvalue weighted by molar-refractivity contribution is 0.101. The molecule has 2 aromatic rings. The number of hydrogen-bond acceptors (Lipinski definition) is 2. The maximum absolute atomic E-state index is 11.7. The van der Waals surface area contributed by atoms with Crippen molar-refractivity contribution >= 4 is 16.7 Å². The molecule has 0 aliphatic carbocycles. The minimum absolute atomic E-state index is 0.0222. The van der Waals surface area contributed by atoms with Gasteiger partial charge in [-0.15, -0.1) is 0 Å². The van der Waals surface area contributed by atoms with E-state index in [0.717, 1.165) is 22.2 Å². The summed E-state index contributed by atoms with van der Waals surface area (Å²) < 4.78 is 0. The van der Waals surface area contributed by atoms with Crippen LogP contribution >= 0.6 is 0 Å². The highest BCUT2D eigenvalue weighted by molar-refractivity contribution is 6.06. The second-order valence-corrected chi connectivity index (χ2v) is 5.82. The van der Waals surface area contributed by atoms with Gasteiger partial charge in [0, 0.05) is 16.6 Å². The highest BCUT2D eigenvalue weighted by Gasteiger charge is 2.19. The van der Waals surface area contributed by atoms with Gasteiger partial charge in [0.2, 0.25) is 0 Å². The van der Waals surface area contributed by atoms with Crippen LogP contribution in [0.3, 0.4) is 0 Å². The summed E-state index contributed by atoms with van der Waals surface area (Å²) in [6.07, 6.45) is 0. The molecule has 0 fully saturated rings. The number of pyridine rings is 1. The van der Waals surface area contributed by atoms with Crippen molar-refractivity contribution in [3.63, 3.8) is 0 Å². The van der Waals surface area contributed by atoms with Crippen LogP contribution < -0.4 is 0 Å². The van der Waals surface area contributed by atoms with E-state index in [0.29, 0.717) is 0 Å². The SMILES string of the molecule is CC(=O)c1cc(C)nc2c(C(C)(C)C)cccc12.